The van der Waals surface area contributed by atoms with E-state index >= 15 is 0 Å². The molecule has 1 aliphatic rings. The zero-order chi connectivity index (χ0) is 17.3. The molecule has 0 saturated heterocycles. The normalized spacial score (nSPS) is 13.1. The Morgan fingerprint density at radius 1 is 1.21 bits per heavy atom. The van der Waals surface area contributed by atoms with E-state index in [1.807, 2.05) is 12.1 Å². The SMILES string of the molecule is COC(=O)c1ccc2c(c1F)CN(Cc1ccc(CO)cc1)C2=O. The lowest BCUT2D eigenvalue weighted by atomic mass is 10.1. The van der Waals surface area contributed by atoms with Crippen LogP contribution in [0.5, 0.6) is 0 Å². The number of amides is 1. The van der Waals surface area contributed by atoms with Gasteiger partial charge in [-0.25, -0.2) is 9.18 Å². The molecule has 1 amide bonds. The van der Waals surface area contributed by atoms with E-state index in [0.29, 0.717) is 6.54 Å². The van der Waals surface area contributed by atoms with E-state index in [1.165, 1.54) is 24.1 Å². The molecule has 0 radical (unpaired) electrons. The van der Waals surface area contributed by atoms with Crippen LogP contribution in [-0.4, -0.2) is 29.0 Å². The largest absolute Gasteiger partial charge is 0.465 e. The maximum absolute atomic E-state index is 14.5. The average molecular weight is 329 g/mol. The number of methoxy groups -OCH3 is 1. The zero-order valence-corrected chi connectivity index (χ0v) is 13.1. The van der Waals surface area contributed by atoms with Crippen molar-refractivity contribution in [1.29, 1.82) is 0 Å². The highest BCUT2D eigenvalue weighted by molar-refractivity contribution is 6.00. The van der Waals surface area contributed by atoms with Crippen molar-refractivity contribution in [3.05, 3.63) is 70.0 Å². The summed E-state index contributed by atoms with van der Waals surface area (Å²) in [6.07, 6.45) is 0. The Morgan fingerprint density at radius 3 is 2.50 bits per heavy atom. The molecular formula is C18H16FNO4. The Kier molecular flexibility index (Phi) is 4.31. The molecule has 0 atom stereocenters. The lowest BCUT2D eigenvalue weighted by Gasteiger charge is -2.15. The van der Waals surface area contributed by atoms with Gasteiger partial charge in [0.2, 0.25) is 0 Å². The third-order valence-corrected chi connectivity index (χ3v) is 4.09. The van der Waals surface area contributed by atoms with Gasteiger partial charge in [-0.1, -0.05) is 24.3 Å². The van der Waals surface area contributed by atoms with E-state index in [2.05, 4.69) is 4.74 Å². The molecule has 3 rings (SSSR count). The first-order valence-electron chi connectivity index (χ1n) is 7.42. The molecule has 0 unspecified atom stereocenters. The van der Waals surface area contributed by atoms with E-state index in [0.717, 1.165) is 11.1 Å². The molecule has 0 bridgehead atoms. The number of halogens is 1. The molecule has 0 aromatic heterocycles. The Bertz CT molecular complexity index is 801. The summed E-state index contributed by atoms with van der Waals surface area (Å²) in [6.45, 7) is 0.384. The van der Waals surface area contributed by atoms with Crippen LogP contribution >= 0.6 is 0 Å². The predicted octanol–water partition coefficient (Wildman–Crippen LogP) is 2.26. The minimum absolute atomic E-state index is 0.0458. The number of ether oxygens (including phenoxy) is 1. The van der Waals surface area contributed by atoms with Crippen LogP contribution in [-0.2, 0) is 24.4 Å². The van der Waals surface area contributed by atoms with E-state index in [4.69, 9.17) is 5.11 Å². The molecule has 0 saturated carbocycles. The van der Waals surface area contributed by atoms with Gasteiger partial charge in [-0.2, -0.15) is 0 Å². The van der Waals surface area contributed by atoms with Crippen molar-refractivity contribution >= 4 is 11.9 Å². The number of aliphatic hydroxyl groups excluding tert-OH is 1. The lowest BCUT2D eigenvalue weighted by molar-refractivity contribution is 0.0595. The van der Waals surface area contributed by atoms with Crippen molar-refractivity contribution in [2.75, 3.05) is 7.11 Å². The average Bonchev–Trinajstić information content (AvgIpc) is 2.92. The van der Waals surface area contributed by atoms with Gasteiger partial charge in [0, 0.05) is 17.7 Å². The van der Waals surface area contributed by atoms with Gasteiger partial charge in [0.15, 0.2) is 0 Å². The van der Waals surface area contributed by atoms with Crippen molar-refractivity contribution < 1.29 is 23.8 Å². The maximum Gasteiger partial charge on any atom is 0.340 e. The number of hydrogen-bond donors (Lipinski definition) is 1. The number of rotatable bonds is 4. The third kappa shape index (κ3) is 2.76. The van der Waals surface area contributed by atoms with Crippen molar-refractivity contribution in [3.63, 3.8) is 0 Å². The number of carbonyl (C=O) groups excluding carboxylic acids is 2. The number of aliphatic hydroxyl groups is 1. The van der Waals surface area contributed by atoms with Crippen LogP contribution in [0.3, 0.4) is 0 Å². The Labute approximate surface area is 138 Å². The maximum atomic E-state index is 14.5. The second-order valence-electron chi connectivity index (χ2n) is 5.58. The van der Waals surface area contributed by atoms with Crippen molar-refractivity contribution in [1.82, 2.24) is 4.90 Å². The molecule has 1 heterocycles. The van der Waals surface area contributed by atoms with Crippen molar-refractivity contribution in [2.24, 2.45) is 0 Å². The van der Waals surface area contributed by atoms with Gasteiger partial charge in [0.1, 0.15) is 5.82 Å². The monoisotopic (exact) mass is 329 g/mol. The summed E-state index contributed by atoms with van der Waals surface area (Å²) in [4.78, 5) is 25.5. The van der Waals surface area contributed by atoms with Gasteiger partial charge >= 0.3 is 5.97 Å². The Morgan fingerprint density at radius 2 is 1.88 bits per heavy atom. The fourth-order valence-corrected chi connectivity index (χ4v) is 2.77. The molecule has 6 heteroatoms. The summed E-state index contributed by atoms with van der Waals surface area (Å²) in [5.74, 6) is -1.74. The highest BCUT2D eigenvalue weighted by Gasteiger charge is 2.32. The Balaban J connectivity index is 1.84. The van der Waals surface area contributed by atoms with Gasteiger partial charge in [-0.15, -0.1) is 0 Å². The number of fused-ring (bicyclic) bond motifs is 1. The summed E-state index contributed by atoms with van der Waals surface area (Å²) in [5.41, 5.74) is 1.98. The molecule has 1 aliphatic heterocycles. The molecule has 0 spiro atoms. The second-order valence-corrected chi connectivity index (χ2v) is 5.58. The van der Waals surface area contributed by atoms with Crippen LogP contribution in [0.2, 0.25) is 0 Å². The topological polar surface area (TPSA) is 66.8 Å². The summed E-state index contributed by atoms with van der Waals surface area (Å²) in [7, 11) is 1.18. The molecule has 24 heavy (non-hydrogen) atoms. The smallest absolute Gasteiger partial charge is 0.340 e. The fraction of sp³-hybridized carbons (Fsp3) is 0.222. The lowest BCUT2D eigenvalue weighted by Crippen LogP contribution is -2.23. The van der Waals surface area contributed by atoms with Gasteiger partial charge in [-0.3, -0.25) is 4.79 Å². The highest BCUT2D eigenvalue weighted by atomic mass is 19.1. The predicted molar refractivity (Wildman–Crippen MR) is 83.7 cm³/mol. The summed E-state index contributed by atoms with van der Waals surface area (Å²) >= 11 is 0. The number of benzene rings is 2. The van der Waals surface area contributed by atoms with Gasteiger partial charge in [0.05, 0.1) is 25.8 Å². The molecule has 0 aliphatic carbocycles. The standard InChI is InChI=1S/C18H16FNO4/c1-24-18(23)14-7-6-13-15(16(14)19)9-20(17(13)22)8-11-2-4-12(10-21)5-3-11/h2-7,21H,8-10H2,1H3. The molecule has 0 fully saturated rings. The zero-order valence-electron chi connectivity index (χ0n) is 13.1. The van der Waals surface area contributed by atoms with Gasteiger partial charge < -0.3 is 14.7 Å². The van der Waals surface area contributed by atoms with Crippen LogP contribution in [0.25, 0.3) is 0 Å². The third-order valence-electron chi connectivity index (χ3n) is 4.09. The molecule has 2 aromatic rings. The first-order valence-corrected chi connectivity index (χ1v) is 7.42. The van der Waals surface area contributed by atoms with E-state index in [9.17, 15) is 14.0 Å². The summed E-state index contributed by atoms with van der Waals surface area (Å²) in [5, 5.41) is 9.05. The second kappa shape index (κ2) is 6.41. The highest BCUT2D eigenvalue weighted by Crippen LogP contribution is 2.29. The van der Waals surface area contributed by atoms with Crippen LogP contribution in [0.15, 0.2) is 36.4 Å². The number of esters is 1. The number of hydrogen-bond acceptors (Lipinski definition) is 4. The van der Waals surface area contributed by atoms with Gasteiger partial charge in [-0.05, 0) is 23.3 Å². The van der Waals surface area contributed by atoms with Gasteiger partial charge in [0.25, 0.3) is 5.91 Å². The quantitative estimate of drug-likeness (QED) is 0.874. The summed E-state index contributed by atoms with van der Waals surface area (Å²) in [6, 6.07) is 9.92. The molecule has 2 aromatic carbocycles. The van der Waals surface area contributed by atoms with Crippen LogP contribution in [0.1, 0.15) is 37.4 Å². The first-order chi connectivity index (χ1) is 11.5. The summed E-state index contributed by atoms with van der Waals surface area (Å²) < 4.78 is 19.0. The number of carbonyl (C=O) groups is 2. The van der Waals surface area contributed by atoms with Crippen LogP contribution in [0.4, 0.5) is 4.39 Å². The van der Waals surface area contributed by atoms with E-state index < -0.39 is 11.8 Å². The first kappa shape index (κ1) is 16.1. The van der Waals surface area contributed by atoms with Crippen LogP contribution in [0, 0.1) is 5.82 Å². The minimum atomic E-state index is -0.763. The fourth-order valence-electron chi connectivity index (χ4n) is 2.77. The molecular weight excluding hydrogens is 313 g/mol. The van der Waals surface area contributed by atoms with E-state index in [-0.39, 0.29) is 35.7 Å². The van der Waals surface area contributed by atoms with Crippen molar-refractivity contribution in [3.8, 4) is 0 Å². The minimum Gasteiger partial charge on any atom is -0.465 e. The van der Waals surface area contributed by atoms with E-state index in [1.54, 1.807) is 12.1 Å². The molecule has 1 N–H and O–H groups in total. The number of nitrogens with zero attached hydrogens (tertiary/aromatic N) is 1. The molecule has 124 valence electrons. The van der Waals surface area contributed by atoms with Crippen LogP contribution < -0.4 is 0 Å². The van der Waals surface area contributed by atoms with Crippen molar-refractivity contribution in [2.45, 2.75) is 19.7 Å². The molecule has 5 nitrogen and oxygen atoms in total. The Hall–Kier alpha value is -2.73.